The Kier molecular flexibility index (Phi) is 16.5. The fraction of sp³-hybridized carbons (Fsp3) is 0.840. The van der Waals surface area contributed by atoms with E-state index in [4.69, 9.17) is 0 Å². The number of aliphatic carboxylic acids is 2. The van der Waals surface area contributed by atoms with Gasteiger partial charge in [-0.1, -0.05) is 83.3 Å². The lowest BCUT2D eigenvalue weighted by molar-refractivity contribution is -0.890. The summed E-state index contributed by atoms with van der Waals surface area (Å²) in [6.45, 7) is 2.25. The largest absolute Gasteiger partial charge is 0.481 e. The smallest absolute Gasteiger partial charge is 0.363 e. The molecule has 2 unspecified atom stereocenters. The normalized spacial score (nSPS) is 14.1. The van der Waals surface area contributed by atoms with Crippen LogP contribution in [0.15, 0.2) is 12.2 Å². The zero-order valence-electron chi connectivity index (χ0n) is 20.1. The van der Waals surface area contributed by atoms with E-state index in [0.29, 0.717) is 6.42 Å². The van der Waals surface area contributed by atoms with Crippen LogP contribution < -0.4 is 0 Å². The number of rotatable bonds is 20. The minimum absolute atomic E-state index is 0.124. The van der Waals surface area contributed by atoms with E-state index < -0.39 is 23.9 Å². The molecule has 0 aromatic rings. The highest BCUT2D eigenvalue weighted by Gasteiger charge is 2.42. The lowest BCUT2D eigenvalue weighted by atomic mass is 9.91. The summed E-state index contributed by atoms with van der Waals surface area (Å²) >= 11 is 0. The Hall–Kier alpha value is -1.36. The fourth-order valence-corrected chi connectivity index (χ4v) is 4.07. The van der Waals surface area contributed by atoms with Crippen LogP contribution >= 0.6 is 0 Å². The average Bonchev–Trinajstić information content (AvgIpc) is 2.65. The third kappa shape index (κ3) is 14.6. The average molecular weight is 427 g/mol. The first-order valence-electron chi connectivity index (χ1n) is 12.1. The number of unbranched alkanes of at least 4 members (excludes halogenated alkanes) is 12. The predicted molar refractivity (Wildman–Crippen MR) is 125 cm³/mol. The van der Waals surface area contributed by atoms with Gasteiger partial charge in [-0.3, -0.25) is 4.79 Å². The highest BCUT2D eigenvalue weighted by atomic mass is 16.4. The standard InChI is InChI=1S/C25H47NO4/c1-5-6-7-8-9-10-11-12-13-14-15-16-17-18-19-20-21-22(24(27)28)23(25(29)30)26(2,3)4/h12-13,22-23H,5-11,14-21H2,1-4H3,(H-,27,28,29,30)/p+1/b13-12+. The van der Waals surface area contributed by atoms with Crippen molar-refractivity contribution >= 4 is 11.9 Å². The minimum Gasteiger partial charge on any atom is -0.481 e. The van der Waals surface area contributed by atoms with Gasteiger partial charge in [0.15, 0.2) is 6.04 Å². The quantitative estimate of drug-likeness (QED) is 0.137. The number of carbonyl (C=O) groups is 2. The third-order valence-electron chi connectivity index (χ3n) is 5.81. The van der Waals surface area contributed by atoms with E-state index >= 15 is 0 Å². The molecule has 0 amide bonds. The van der Waals surface area contributed by atoms with Crippen LogP contribution in [0.5, 0.6) is 0 Å². The second kappa shape index (κ2) is 17.3. The summed E-state index contributed by atoms with van der Waals surface area (Å²) in [6.07, 6.45) is 22.0. The predicted octanol–water partition coefficient (Wildman–Crippen LogP) is 6.27. The maximum atomic E-state index is 11.6. The molecule has 0 aliphatic heterocycles. The number of carboxylic acids is 2. The molecule has 0 radical (unpaired) electrons. The van der Waals surface area contributed by atoms with Gasteiger partial charge in [0.05, 0.1) is 21.1 Å². The Balaban J connectivity index is 3.79. The molecule has 176 valence electrons. The van der Waals surface area contributed by atoms with Crippen molar-refractivity contribution in [3.63, 3.8) is 0 Å². The van der Waals surface area contributed by atoms with Crippen LogP contribution in [0.25, 0.3) is 0 Å². The van der Waals surface area contributed by atoms with E-state index in [1.54, 1.807) is 21.1 Å². The van der Waals surface area contributed by atoms with Crippen molar-refractivity contribution in [2.45, 2.75) is 109 Å². The van der Waals surface area contributed by atoms with Gasteiger partial charge in [-0.15, -0.1) is 0 Å². The zero-order valence-corrected chi connectivity index (χ0v) is 20.1. The maximum absolute atomic E-state index is 11.6. The fourth-order valence-electron chi connectivity index (χ4n) is 4.07. The number of carboxylic acid groups (broad SMARTS) is 2. The van der Waals surface area contributed by atoms with Crippen molar-refractivity contribution in [3.05, 3.63) is 12.2 Å². The van der Waals surface area contributed by atoms with Crippen LogP contribution in [0.4, 0.5) is 0 Å². The molecule has 30 heavy (non-hydrogen) atoms. The Bertz CT molecular complexity index is 482. The molecule has 2 N–H and O–H groups in total. The molecule has 0 fully saturated rings. The zero-order chi connectivity index (χ0) is 22.8. The Morgan fingerprint density at radius 1 is 0.700 bits per heavy atom. The molecule has 2 atom stereocenters. The van der Waals surface area contributed by atoms with Crippen molar-refractivity contribution in [3.8, 4) is 0 Å². The molecule has 0 heterocycles. The Labute approximate surface area is 185 Å². The van der Waals surface area contributed by atoms with Gasteiger partial charge >= 0.3 is 11.9 Å². The lowest BCUT2D eigenvalue weighted by Gasteiger charge is -2.34. The Morgan fingerprint density at radius 3 is 1.53 bits per heavy atom. The van der Waals surface area contributed by atoms with Crippen LogP contribution in [0, 0.1) is 5.92 Å². The summed E-state index contributed by atoms with van der Waals surface area (Å²) < 4.78 is 0.124. The molecule has 0 aliphatic rings. The monoisotopic (exact) mass is 426 g/mol. The molecule has 0 saturated carbocycles. The summed E-state index contributed by atoms with van der Waals surface area (Å²) in [5.74, 6) is -2.86. The molecule has 0 aromatic heterocycles. The van der Waals surface area contributed by atoms with E-state index in [1.165, 1.54) is 64.2 Å². The van der Waals surface area contributed by atoms with Gasteiger partial charge < -0.3 is 14.7 Å². The number of allylic oxidation sites excluding steroid dienone is 2. The molecule has 0 spiro atoms. The number of likely N-dealkylation sites (N-methyl/N-ethyl adjacent to an activating group) is 1. The van der Waals surface area contributed by atoms with E-state index in [1.807, 2.05) is 0 Å². The van der Waals surface area contributed by atoms with Gasteiger partial charge in [-0.2, -0.15) is 0 Å². The minimum atomic E-state index is -1.03. The van der Waals surface area contributed by atoms with Crippen molar-refractivity contribution < 1.29 is 24.3 Å². The van der Waals surface area contributed by atoms with Crippen LogP contribution in [-0.4, -0.2) is 53.8 Å². The van der Waals surface area contributed by atoms with Crippen molar-refractivity contribution in [2.75, 3.05) is 21.1 Å². The number of quaternary nitrogens is 1. The molecular weight excluding hydrogens is 378 g/mol. The van der Waals surface area contributed by atoms with E-state index in [0.717, 1.165) is 25.7 Å². The van der Waals surface area contributed by atoms with Crippen molar-refractivity contribution in [1.29, 1.82) is 0 Å². The summed E-state index contributed by atoms with van der Waals surface area (Å²) in [7, 11) is 5.24. The van der Waals surface area contributed by atoms with Crippen LogP contribution in [-0.2, 0) is 9.59 Å². The van der Waals surface area contributed by atoms with Crippen LogP contribution in [0.3, 0.4) is 0 Å². The van der Waals surface area contributed by atoms with Gasteiger partial charge in [-0.05, 0) is 32.1 Å². The highest BCUT2D eigenvalue weighted by Crippen LogP contribution is 2.22. The van der Waals surface area contributed by atoms with Crippen LogP contribution in [0.1, 0.15) is 103 Å². The van der Waals surface area contributed by atoms with E-state index in [2.05, 4.69) is 19.1 Å². The number of hydrogen-bond donors (Lipinski definition) is 2. The molecule has 5 heteroatoms. The summed E-state index contributed by atoms with van der Waals surface area (Å²) in [6, 6.07) is -0.911. The molecule has 0 aliphatic carbocycles. The maximum Gasteiger partial charge on any atom is 0.363 e. The van der Waals surface area contributed by atoms with E-state index in [-0.39, 0.29) is 4.48 Å². The van der Waals surface area contributed by atoms with Gasteiger partial charge in [-0.25, -0.2) is 4.79 Å². The van der Waals surface area contributed by atoms with Crippen molar-refractivity contribution in [1.82, 2.24) is 0 Å². The summed E-state index contributed by atoms with van der Waals surface area (Å²) in [5, 5.41) is 19.0. The SMILES string of the molecule is CCCCCCCC/C=C/CCCCCCCCC(C(=O)O)C(C(=O)O)[N+](C)(C)C. The van der Waals surface area contributed by atoms with Gasteiger partial charge in [0.25, 0.3) is 0 Å². The van der Waals surface area contributed by atoms with Crippen LogP contribution in [0.2, 0.25) is 0 Å². The van der Waals surface area contributed by atoms with Gasteiger partial charge in [0, 0.05) is 0 Å². The summed E-state index contributed by atoms with van der Waals surface area (Å²) in [5.41, 5.74) is 0. The molecule has 0 bridgehead atoms. The summed E-state index contributed by atoms with van der Waals surface area (Å²) in [4.78, 5) is 23.2. The molecular formula is C25H48NO4+. The highest BCUT2D eigenvalue weighted by molar-refractivity contribution is 5.81. The van der Waals surface area contributed by atoms with E-state index in [9.17, 15) is 19.8 Å². The Morgan fingerprint density at radius 2 is 1.13 bits per heavy atom. The topological polar surface area (TPSA) is 74.6 Å². The number of hydrogen-bond acceptors (Lipinski definition) is 2. The first-order valence-corrected chi connectivity index (χ1v) is 12.1. The molecule has 0 aromatic carbocycles. The second-order valence-corrected chi connectivity index (χ2v) is 9.57. The van der Waals surface area contributed by atoms with Gasteiger partial charge in [0.1, 0.15) is 5.92 Å². The first kappa shape index (κ1) is 28.6. The number of nitrogens with zero attached hydrogens (tertiary/aromatic N) is 1. The molecule has 5 nitrogen and oxygen atoms in total. The molecule has 0 saturated heterocycles. The molecule has 0 rings (SSSR count). The van der Waals surface area contributed by atoms with Crippen molar-refractivity contribution in [2.24, 2.45) is 5.92 Å². The second-order valence-electron chi connectivity index (χ2n) is 9.57. The van der Waals surface area contributed by atoms with Gasteiger partial charge in [0.2, 0.25) is 0 Å². The third-order valence-corrected chi connectivity index (χ3v) is 5.81. The first-order chi connectivity index (χ1) is 14.2. The lowest BCUT2D eigenvalue weighted by Crippen LogP contribution is -2.55.